The fraction of sp³-hybridized carbons (Fsp3) is 0.375. The molecular weight excluding hydrogens is 238 g/mol. The highest BCUT2D eigenvalue weighted by Gasteiger charge is 2.13. The Kier molecular flexibility index (Phi) is 4.40. The Morgan fingerprint density at radius 2 is 1.74 bits per heavy atom. The fourth-order valence-electron chi connectivity index (χ4n) is 2.34. The van der Waals surface area contributed by atoms with E-state index >= 15 is 0 Å². The summed E-state index contributed by atoms with van der Waals surface area (Å²) >= 11 is 0. The molecule has 2 N–H and O–H groups in total. The van der Waals surface area contributed by atoms with Gasteiger partial charge in [0.25, 0.3) is 0 Å². The van der Waals surface area contributed by atoms with Crippen LogP contribution in [0.5, 0.6) is 0 Å². The van der Waals surface area contributed by atoms with Gasteiger partial charge in [0.15, 0.2) is 0 Å². The van der Waals surface area contributed by atoms with E-state index in [1.54, 1.807) is 0 Å². The number of rotatable bonds is 5. The van der Waals surface area contributed by atoms with Crippen LogP contribution in [-0.2, 0) is 0 Å². The van der Waals surface area contributed by atoms with Gasteiger partial charge in [-0.15, -0.1) is 0 Å². The molecule has 2 aromatic rings. The van der Waals surface area contributed by atoms with Crippen molar-refractivity contribution in [1.82, 2.24) is 0 Å². The molecule has 0 fully saturated rings. The quantitative estimate of drug-likeness (QED) is 0.866. The molecule has 0 radical (unpaired) electrons. The van der Waals surface area contributed by atoms with E-state index in [0.29, 0.717) is 6.42 Å². The van der Waals surface area contributed by atoms with Gasteiger partial charge in [0.2, 0.25) is 0 Å². The zero-order chi connectivity index (χ0) is 13.8. The van der Waals surface area contributed by atoms with Crippen LogP contribution in [0.1, 0.15) is 12.0 Å². The van der Waals surface area contributed by atoms with Crippen molar-refractivity contribution < 1.29 is 10.2 Å². The zero-order valence-corrected chi connectivity index (χ0v) is 11.5. The summed E-state index contributed by atoms with van der Waals surface area (Å²) in [4.78, 5) is 2.02. The predicted molar refractivity (Wildman–Crippen MR) is 79.7 cm³/mol. The highest BCUT2D eigenvalue weighted by Crippen LogP contribution is 2.24. The topological polar surface area (TPSA) is 43.7 Å². The van der Waals surface area contributed by atoms with Crippen molar-refractivity contribution in [1.29, 1.82) is 0 Å². The average molecular weight is 259 g/mol. The lowest BCUT2D eigenvalue weighted by molar-refractivity contribution is 0.218. The molecule has 2 rings (SSSR count). The summed E-state index contributed by atoms with van der Waals surface area (Å²) in [5, 5.41) is 20.8. The summed E-state index contributed by atoms with van der Waals surface area (Å²) in [6.07, 6.45) is 0.568. The second-order valence-electron chi connectivity index (χ2n) is 4.99. The molecule has 3 nitrogen and oxygen atoms in total. The lowest BCUT2D eigenvalue weighted by Gasteiger charge is -2.28. The molecule has 0 saturated heterocycles. The first-order chi connectivity index (χ1) is 9.15. The van der Waals surface area contributed by atoms with Gasteiger partial charge in [-0.05, 0) is 36.2 Å². The Labute approximate surface area is 114 Å². The molecule has 0 aliphatic rings. The van der Waals surface area contributed by atoms with E-state index in [4.69, 9.17) is 5.11 Å². The van der Waals surface area contributed by atoms with Gasteiger partial charge in [0, 0.05) is 19.3 Å². The van der Waals surface area contributed by atoms with Gasteiger partial charge in [-0.25, -0.2) is 0 Å². The Bertz CT molecular complexity index is 553. The lowest BCUT2D eigenvalue weighted by atomic mass is 10.1. The smallest absolute Gasteiger partial charge is 0.0635 e. The highest BCUT2D eigenvalue weighted by atomic mass is 16.3. The predicted octanol–water partition coefficient (Wildman–Crippen LogP) is 2.33. The van der Waals surface area contributed by atoms with Crippen LogP contribution in [0.15, 0.2) is 36.4 Å². The molecule has 102 valence electrons. The van der Waals surface area contributed by atoms with Crippen LogP contribution in [0.25, 0.3) is 10.8 Å². The number of anilines is 1. The van der Waals surface area contributed by atoms with E-state index in [1.807, 2.05) is 11.9 Å². The standard InChI is InChI=1S/C16H21NO2/c1-12-3-4-14-10-15(6-5-13(14)9-12)17(2)16(11-19)7-8-18/h3-6,9-10,16,18-19H,7-8,11H2,1-2H3. The van der Waals surface area contributed by atoms with Gasteiger partial charge in [-0.2, -0.15) is 0 Å². The van der Waals surface area contributed by atoms with E-state index in [0.717, 1.165) is 5.69 Å². The summed E-state index contributed by atoms with van der Waals surface area (Å²) in [5.41, 5.74) is 2.31. The molecule has 0 bridgehead atoms. The molecule has 3 heteroatoms. The first-order valence-electron chi connectivity index (χ1n) is 6.60. The van der Waals surface area contributed by atoms with Gasteiger partial charge in [0.05, 0.1) is 12.6 Å². The fourth-order valence-corrected chi connectivity index (χ4v) is 2.34. The first-order valence-corrected chi connectivity index (χ1v) is 6.60. The van der Waals surface area contributed by atoms with E-state index in [-0.39, 0.29) is 19.3 Å². The maximum Gasteiger partial charge on any atom is 0.0635 e. The maximum atomic E-state index is 9.39. The Morgan fingerprint density at radius 1 is 1.05 bits per heavy atom. The number of nitrogens with zero attached hydrogens (tertiary/aromatic N) is 1. The minimum atomic E-state index is -0.0482. The van der Waals surface area contributed by atoms with E-state index in [9.17, 15) is 5.11 Å². The molecule has 2 aromatic carbocycles. The van der Waals surface area contributed by atoms with Crippen molar-refractivity contribution in [3.63, 3.8) is 0 Å². The third-order valence-electron chi connectivity index (χ3n) is 3.61. The van der Waals surface area contributed by atoms with Crippen molar-refractivity contribution in [3.05, 3.63) is 42.0 Å². The molecule has 0 aliphatic heterocycles. The SMILES string of the molecule is Cc1ccc2cc(N(C)C(CO)CCO)ccc2c1. The summed E-state index contributed by atoms with van der Waals surface area (Å²) < 4.78 is 0. The van der Waals surface area contributed by atoms with E-state index < -0.39 is 0 Å². The van der Waals surface area contributed by atoms with Crippen molar-refractivity contribution >= 4 is 16.5 Å². The molecule has 0 saturated carbocycles. The van der Waals surface area contributed by atoms with Crippen LogP contribution in [0, 0.1) is 6.92 Å². The summed E-state index contributed by atoms with van der Waals surface area (Å²) in [6.45, 7) is 2.22. The molecule has 0 aromatic heterocycles. The molecule has 1 atom stereocenters. The minimum Gasteiger partial charge on any atom is -0.396 e. The Hall–Kier alpha value is -1.58. The molecule has 0 heterocycles. The summed E-state index contributed by atoms with van der Waals surface area (Å²) in [7, 11) is 1.95. The van der Waals surface area contributed by atoms with Crippen molar-refractivity contribution in [2.45, 2.75) is 19.4 Å². The van der Waals surface area contributed by atoms with Crippen LogP contribution in [0.3, 0.4) is 0 Å². The van der Waals surface area contributed by atoms with Crippen molar-refractivity contribution in [3.8, 4) is 0 Å². The summed E-state index contributed by atoms with van der Waals surface area (Å²) in [5.74, 6) is 0. The number of fused-ring (bicyclic) bond motifs is 1. The van der Waals surface area contributed by atoms with Gasteiger partial charge >= 0.3 is 0 Å². The largest absolute Gasteiger partial charge is 0.396 e. The van der Waals surface area contributed by atoms with Crippen LogP contribution >= 0.6 is 0 Å². The molecule has 1 unspecified atom stereocenters. The summed E-state index contributed by atoms with van der Waals surface area (Å²) in [6, 6.07) is 12.6. The Morgan fingerprint density at radius 3 is 2.42 bits per heavy atom. The number of benzene rings is 2. The van der Waals surface area contributed by atoms with E-state index in [2.05, 4.69) is 43.3 Å². The van der Waals surface area contributed by atoms with Crippen LogP contribution in [0.2, 0.25) is 0 Å². The van der Waals surface area contributed by atoms with E-state index in [1.165, 1.54) is 16.3 Å². The lowest BCUT2D eigenvalue weighted by Crippen LogP contribution is -2.35. The van der Waals surface area contributed by atoms with Crippen LogP contribution < -0.4 is 4.90 Å². The molecule has 0 spiro atoms. The molecule has 0 amide bonds. The number of hydrogen-bond acceptors (Lipinski definition) is 3. The Balaban J connectivity index is 2.32. The monoisotopic (exact) mass is 259 g/mol. The van der Waals surface area contributed by atoms with Gasteiger partial charge in [0.1, 0.15) is 0 Å². The second-order valence-corrected chi connectivity index (χ2v) is 4.99. The van der Waals surface area contributed by atoms with Crippen molar-refractivity contribution in [2.24, 2.45) is 0 Å². The van der Waals surface area contributed by atoms with Gasteiger partial charge in [-0.1, -0.05) is 29.8 Å². The second kappa shape index (κ2) is 6.04. The number of aliphatic hydroxyl groups excluding tert-OH is 2. The van der Waals surface area contributed by atoms with Gasteiger partial charge in [-0.3, -0.25) is 0 Å². The highest BCUT2D eigenvalue weighted by molar-refractivity contribution is 5.86. The van der Waals surface area contributed by atoms with Gasteiger partial charge < -0.3 is 15.1 Å². The third kappa shape index (κ3) is 3.06. The maximum absolute atomic E-state index is 9.39. The number of likely N-dealkylation sites (N-methyl/N-ethyl adjacent to an activating group) is 1. The number of aryl methyl sites for hydroxylation is 1. The van der Waals surface area contributed by atoms with Crippen molar-refractivity contribution in [2.75, 3.05) is 25.2 Å². The number of aliphatic hydroxyl groups is 2. The average Bonchev–Trinajstić information content (AvgIpc) is 2.43. The zero-order valence-electron chi connectivity index (χ0n) is 11.5. The normalized spacial score (nSPS) is 12.6. The first kappa shape index (κ1) is 13.8. The third-order valence-corrected chi connectivity index (χ3v) is 3.61. The molecule has 0 aliphatic carbocycles. The minimum absolute atomic E-state index is 0.0446. The molecule has 19 heavy (non-hydrogen) atoms. The van der Waals surface area contributed by atoms with Crippen LogP contribution in [0.4, 0.5) is 5.69 Å². The number of hydrogen-bond donors (Lipinski definition) is 2. The molecular formula is C16H21NO2. The van der Waals surface area contributed by atoms with Crippen LogP contribution in [-0.4, -0.2) is 36.5 Å².